The lowest BCUT2D eigenvalue weighted by Gasteiger charge is -2.59. The number of rotatable bonds is 4. The van der Waals surface area contributed by atoms with Crippen molar-refractivity contribution >= 4 is 23.5 Å². The quantitative estimate of drug-likeness (QED) is 0.591. The van der Waals surface area contributed by atoms with E-state index in [1.807, 2.05) is 0 Å². The molecule has 0 aromatic heterocycles. The zero-order valence-corrected chi connectivity index (χ0v) is 12.5. The van der Waals surface area contributed by atoms with E-state index in [9.17, 15) is 9.59 Å². The maximum absolute atomic E-state index is 11.9. The topological polar surface area (TPSA) is 52.6 Å². The number of alkyl halides is 1. The lowest BCUT2D eigenvalue weighted by atomic mass is 9.50. The third kappa shape index (κ3) is 2.43. The molecule has 4 aliphatic rings. The van der Waals surface area contributed by atoms with Crippen molar-refractivity contribution in [2.75, 3.05) is 12.5 Å². The summed E-state index contributed by atoms with van der Waals surface area (Å²) < 4.78 is 10.5. The first-order chi connectivity index (χ1) is 9.51. The van der Waals surface area contributed by atoms with Crippen LogP contribution in [0.2, 0.25) is 0 Å². The minimum atomic E-state index is -0.584. The highest BCUT2D eigenvalue weighted by Crippen LogP contribution is 2.59. The van der Waals surface area contributed by atoms with Gasteiger partial charge < -0.3 is 9.47 Å². The first kappa shape index (κ1) is 14.2. The standard InChI is InChI=1S/C15H21ClO4/c1-15(20-14(18)8-19-13(17)7-16)11-3-9-2-10(5-11)6-12(15)4-9/h9-12H,2-8H2,1H3. The van der Waals surface area contributed by atoms with Crippen LogP contribution in [0.4, 0.5) is 0 Å². The van der Waals surface area contributed by atoms with Crippen molar-refractivity contribution in [1.29, 1.82) is 0 Å². The van der Waals surface area contributed by atoms with Gasteiger partial charge in [0.1, 0.15) is 11.5 Å². The number of carbonyl (C=O) groups is 2. The Hall–Kier alpha value is -0.770. The fraction of sp³-hybridized carbons (Fsp3) is 0.867. The number of hydrogen-bond acceptors (Lipinski definition) is 4. The summed E-state index contributed by atoms with van der Waals surface area (Å²) in [6.07, 6.45) is 6.08. The van der Waals surface area contributed by atoms with Crippen LogP contribution in [0.25, 0.3) is 0 Å². The van der Waals surface area contributed by atoms with Crippen LogP contribution in [0, 0.1) is 23.7 Å². The Morgan fingerprint density at radius 1 is 1.05 bits per heavy atom. The predicted octanol–water partition coefficient (Wildman–Crippen LogP) is 2.53. The molecule has 0 spiro atoms. The monoisotopic (exact) mass is 300 g/mol. The van der Waals surface area contributed by atoms with Crippen molar-refractivity contribution in [1.82, 2.24) is 0 Å². The molecule has 0 radical (unpaired) electrons. The van der Waals surface area contributed by atoms with Gasteiger partial charge in [-0.2, -0.15) is 0 Å². The van der Waals surface area contributed by atoms with Crippen molar-refractivity contribution in [3.63, 3.8) is 0 Å². The van der Waals surface area contributed by atoms with Crippen LogP contribution in [0.5, 0.6) is 0 Å². The minimum absolute atomic E-state index is 0.237. The third-order valence-corrected chi connectivity index (χ3v) is 5.77. The summed E-state index contributed by atoms with van der Waals surface area (Å²) in [5.74, 6) is 1.35. The van der Waals surface area contributed by atoms with Gasteiger partial charge in [0.2, 0.25) is 0 Å². The molecule has 0 aliphatic heterocycles. The summed E-state index contributed by atoms with van der Waals surface area (Å²) >= 11 is 5.33. The van der Waals surface area contributed by atoms with Gasteiger partial charge in [0, 0.05) is 0 Å². The van der Waals surface area contributed by atoms with Gasteiger partial charge in [-0.1, -0.05) is 0 Å². The number of ether oxygens (including phenoxy) is 2. The second kappa shape index (κ2) is 5.21. The Kier molecular flexibility index (Phi) is 3.69. The normalized spacial score (nSPS) is 41.5. The molecule has 0 aromatic carbocycles. The van der Waals surface area contributed by atoms with E-state index in [4.69, 9.17) is 21.1 Å². The fourth-order valence-corrected chi connectivity index (χ4v) is 4.82. The zero-order valence-electron chi connectivity index (χ0n) is 11.8. The van der Waals surface area contributed by atoms with Gasteiger partial charge in [-0.25, -0.2) is 4.79 Å². The lowest BCUT2D eigenvalue weighted by Crippen LogP contribution is -2.58. The Balaban J connectivity index is 1.61. The average Bonchev–Trinajstić information content (AvgIpc) is 2.41. The molecule has 4 bridgehead atoms. The summed E-state index contributed by atoms with van der Waals surface area (Å²) in [4.78, 5) is 22.9. The van der Waals surface area contributed by atoms with E-state index in [-0.39, 0.29) is 18.1 Å². The van der Waals surface area contributed by atoms with E-state index >= 15 is 0 Å². The minimum Gasteiger partial charge on any atom is -0.456 e. The van der Waals surface area contributed by atoms with Crippen molar-refractivity contribution in [2.24, 2.45) is 23.7 Å². The summed E-state index contributed by atoms with van der Waals surface area (Å²) in [6, 6.07) is 0. The fourth-order valence-electron chi connectivity index (χ4n) is 4.74. The van der Waals surface area contributed by atoms with Gasteiger partial charge in [-0.15, -0.1) is 11.6 Å². The van der Waals surface area contributed by atoms with Gasteiger partial charge >= 0.3 is 11.9 Å². The average molecular weight is 301 g/mol. The van der Waals surface area contributed by atoms with Gasteiger partial charge in [-0.3, -0.25) is 4.79 Å². The maximum atomic E-state index is 11.9. The summed E-state index contributed by atoms with van der Waals surface area (Å²) in [5.41, 5.74) is -0.363. The van der Waals surface area contributed by atoms with Crippen molar-refractivity contribution < 1.29 is 19.1 Å². The van der Waals surface area contributed by atoms with Crippen molar-refractivity contribution in [3.05, 3.63) is 0 Å². The van der Waals surface area contributed by atoms with Crippen LogP contribution in [-0.2, 0) is 19.1 Å². The first-order valence-corrected chi connectivity index (χ1v) is 7.98. The zero-order chi connectivity index (χ0) is 14.3. The highest BCUT2D eigenvalue weighted by Gasteiger charge is 2.57. The van der Waals surface area contributed by atoms with E-state index < -0.39 is 11.9 Å². The van der Waals surface area contributed by atoms with E-state index in [1.165, 1.54) is 32.1 Å². The molecule has 0 amide bonds. The summed E-state index contributed by atoms with van der Waals surface area (Å²) in [7, 11) is 0. The molecule has 4 saturated carbocycles. The van der Waals surface area contributed by atoms with E-state index in [0.29, 0.717) is 11.8 Å². The molecule has 4 nitrogen and oxygen atoms in total. The highest BCUT2D eigenvalue weighted by molar-refractivity contribution is 6.26. The van der Waals surface area contributed by atoms with Gasteiger partial charge in [-0.05, 0) is 62.7 Å². The molecule has 20 heavy (non-hydrogen) atoms. The molecule has 0 atom stereocenters. The molecular weight excluding hydrogens is 280 g/mol. The van der Waals surface area contributed by atoms with Crippen LogP contribution < -0.4 is 0 Å². The van der Waals surface area contributed by atoms with Gasteiger partial charge in [0.25, 0.3) is 0 Å². The molecule has 0 unspecified atom stereocenters. The second-order valence-corrected chi connectivity index (χ2v) is 7.02. The third-order valence-electron chi connectivity index (χ3n) is 5.55. The second-order valence-electron chi connectivity index (χ2n) is 6.76. The highest BCUT2D eigenvalue weighted by atomic mass is 35.5. The van der Waals surface area contributed by atoms with Gasteiger partial charge in [0.05, 0.1) is 0 Å². The Morgan fingerprint density at radius 2 is 1.60 bits per heavy atom. The van der Waals surface area contributed by atoms with Crippen LogP contribution in [0.1, 0.15) is 39.0 Å². The summed E-state index contributed by atoms with van der Waals surface area (Å²) in [6.45, 7) is 1.74. The smallest absolute Gasteiger partial charge is 0.344 e. The molecule has 0 aromatic rings. The molecular formula is C15H21ClO4. The largest absolute Gasteiger partial charge is 0.456 e. The molecule has 5 heteroatoms. The number of esters is 2. The summed E-state index contributed by atoms with van der Waals surface area (Å²) in [5, 5.41) is 0. The van der Waals surface area contributed by atoms with Crippen LogP contribution in [-0.4, -0.2) is 30.0 Å². The molecule has 4 aliphatic carbocycles. The van der Waals surface area contributed by atoms with Crippen LogP contribution >= 0.6 is 11.6 Å². The van der Waals surface area contributed by atoms with E-state index in [1.54, 1.807) is 0 Å². The molecule has 0 heterocycles. The maximum Gasteiger partial charge on any atom is 0.344 e. The van der Waals surface area contributed by atoms with E-state index in [0.717, 1.165) is 11.8 Å². The number of halogens is 1. The van der Waals surface area contributed by atoms with Gasteiger partial charge in [0.15, 0.2) is 6.61 Å². The Morgan fingerprint density at radius 3 is 2.10 bits per heavy atom. The molecule has 112 valence electrons. The SMILES string of the molecule is CC1(OC(=O)COC(=O)CCl)C2CC3CC(C2)CC1C3. The molecule has 4 fully saturated rings. The van der Waals surface area contributed by atoms with Crippen LogP contribution in [0.15, 0.2) is 0 Å². The van der Waals surface area contributed by atoms with Crippen molar-refractivity contribution in [2.45, 2.75) is 44.6 Å². The number of hydrogen-bond donors (Lipinski definition) is 0. The first-order valence-electron chi connectivity index (χ1n) is 7.44. The molecule has 0 saturated heterocycles. The van der Waals surface area contributed by atoms with E-state index in [2.05, 4.69) is 6.92 Å². The molecule has 4 rings (SSSR count). The number of carbonyl (C=O) groups excluding carboxylic acids is 2. The predicted molar refractivity (Wildman–Crippen MR) is 73.2 cm³/mol. The van der Waals surface area contributed by atoms with Crippen LogP contribution in [0.3, 0.4) is 0 Å². The Labute approximate surface area is 124 Å². The van der Waals surface area contributed by atoms with Crippen molar-refractivity contribution in [3.8, 4) is 0 Å². The molecule has 0 N–H and O–H groups in total. The Bertz CT molecular complexity index is 392. The lowest BCUT2D eigenvalue weighted by molar-refractivity contribution is -0.207.